The van der Waals surface area contributed by atoms with Crippen LogP contribution in [0, 0.1) is 11.6 Å². The second-order valence-electron chi connectivity index (χ2n) is 4.26. The molecule has 2 nitrogen and oxygen atoms in total. The highest BCUT2D eigenvalue weighted by atomic mass is 19.1. The number of hydrogen-bond acceptors (Lipinski definition) is 2. The van der Waals surface area contributed by atoms with E-state index in [0.29, 0.717) is 18.7 Å². The third-order valence-electron chi connectivity index (χ3n) is 2.87. The molecule has 0 aliphatic rings. The molecule has 0 saturated carbocycles. The maximum atomic E-state index is 13.1. The van der Waals surface area contributed by atoms with Gasteiger partial charge in [-0.15, -0.1) is 0 Å². The molecule has 4 heteroatoms. The van der Waals surface area contributed by atoms with E-state index < -0.39 is 11.6 Å². The minimum atomic E-state index is -0.523. The molecule has 1 rings (SSSR count). The van der Waals surface area contributed by atoms with Crippen molar-refractivity contribution >= 4 is 0 Å². The molecule has 0 atom stereocenters. The van der Waals surface area contributed by atoms with Gasteiger partial charge in [-0.2, -0.15) is 0 Å². The molecule has 0 aliphatic heterocycles. The third-order valence-corrected chi connectivity index (χ3v) is 2.87. The average molecular weight is 242 g/mol. The fourth-order valence-corrected chi connectivity index (χ4v) is 2.02. The first-order chi connectivity index (χ1) is 8.17. The van der Waals surface area contributed by atoms with Crippen LogP contribution in [0.25, 0.3) is 0 Å². The van der Waals surface area contributed by atoms with Crippen molar-refractivity contribution in [3.63, 3.8) is 0 Å². The highest BCUT2D eigenvalue weighted by Gasteiger charge is 2.13. The topological polar surface area (TPSA) is 52.0 Å². The molecular weight excluding hydrogens is 222 g/mol. The molecule has 0 radical (unpaired) electrons. The van der Waals surface area contributed by atoms with Crippen LogP contribution in [-0.2, 0) is 0 Å². The van der Waals surface area contributed by atoms with E-state index in [1.807, 2.05) is 0 Å². The normalized spacial score (nSPS) is 11.1. The minimum Gasteiger partial charge on any atom is -0.330 e. The summed E-state index contributed by atoms with van der Waals surface area (Å²) in [6.07, 6.45) is 3.40. The van der Waals surface area contributed by atoms with E-state index in [-0.39, 0.29) is 5.92 Å². The molecule has 0 aliphatic carbocycles. The predicted octanol–water partition coefficient (Wildman–Crippen LogP) is 2.53. The highest BCUT2D eigenvalue weighted by molar-refractivity contribution is 5.22. The van der Waals surface area contributed by atoms with Crippen LogP contribution in [-0.4, -0.2) is 13.1 Å². The lowest BCUT2D eigenvalue weighted by atomic mass is 9.90. The Bertz CT molecular complexity index is 314. The number of nitrogens with two attached hydrogens (primary N) is 2. The number of rotatable bonds is 7. The molecule has 1 aromatic carbocycles. The Hall–Kier alpha value is -1.00. The SMILES string of the molecule is NCCCC(CCCN)c1cc(F)cc(F)c1. The first kappa shape index (κ1) is 14.1. The smallest absolute Gasteiger partial charge is 0.126 e. The van der Waals surface area contributed by atoms with E-state index >= 15 is 0 Å². The molecule has 0 fully saturated rings. The van der Waals surface area contributed by atoms with Crippen molar-refractivity contribution in [2.24, 2.45) is 11.5 Å². The lowest BCUT2D eigenvalue weighted by Crippen LogP contribution is -2.08. The van der Waals surface area contributed by atoms with Gasteiger partial charge in [0.1, 0.15) is 11.6 Å². The van der Waals surface area contributed by atoms with Crippen LogP contribution in [0.5, 0.6) is 0 Å². The zero-order valence-corrected chi connectivity index (χ0v) is 9.96. The van der Waals surface area contributed by atoms with Crippen molar-refractivity contribution in [2.75, 3.05) is 13.1 Å². The Kier molecular flexibility index (Phi) is 6.08. The minimum absolute atomic E-state index is 0.146. The van der Waals surface area contributed by atoms with Gasteiger partial charge in [0.25, 0.3) is 0 Å². The largest absolute Gasteiger partial charge is 0.330 e. The lowest BCUT2D eigenvalue weighted by molar-refractivity contribution is 0.524. The average Bonchev–Trinajstić information content (AvgIpc) is 2.28. The van der Waals surface area contributed by atoms with Gasteiger partial charge in [-0.05, 0) is 62.4 Å². The van der Waals surface area contributed by atoms with E-state index in [9.17, 15) is 8.78 Å². The molecule has 0 aromatic heterocycles. The van der Waals surface area contributed by atoms with Crippen molar-refractivity contribution in [2.45, 2.75) is 31.6 Å². The summed E-state index contributed by atoms with van der Waals surface area (Å²) in [5.41, 5.74) is 11.7. The maximum Gasteiger partial charge on any atom is 0.126 e. The number of benzene rings is 1. The van der Waals surface area contributed by atoms with Gasteiger partial charge in [0.05, 0.1) is 0 Å². The number of halogens is 2. The fraction of sp³-hybridized carbons (Fsp3) is 0.538. The van der Waals surface area contributed by atoms with Gasteiger partial charge in [-0.1, -0.05) is 0 Å². The van der Waals surface area contributed by atoms with Gasteiger partial charge in [0.15, 0.2) is 0 Å². The predicted molar refractivity (Wildman–Crippen MR) is 65.7 cm³/mol. The molecular formula is C13H20F2N2. The van der Waals surface area contributed by atoms with Crippen molar-refractivity contribution in [3.8, 4) is 0 Å². The molecule has 0 spiro atoms. The van der Waals surface area contributed by atoms with Crippen LogP contribution in [0.3, 0.4) is 0 Å². The van der Waals surface area contributed by atoms with Gasteiger partial charge >= 0.3 is 0 Å². The molecule has 0 bridgehead atoms. The zero-order valence-electron chi connectivity index (χ0n) is 9.96. The lowest BCUT2D eigenvalue weighted by Gasteiger charge is -2.17. The van der Waals surface area contributed by atoms with Crippen LogP contribution in [0.4, 0.5) is 8.78 Å². The Morgan fingerprint density at radius 2 is 1.35 bits per heavy atom. The first-order valence-electron chi connectivity index (χ1n) is 6.03. The molecule has 0 amide bonds. The molecule has 0 saturated heterocycles. The Labute approximate surface area is 101 Å². The second kappa shape index (κ2) is 7.35. The zero-order chi connectivity index (χ0) is 12.7. The second-order valence-corrected chi connectivity index (χ2v) is 4.26. The van der Waals surface area contributed by atoms with Crippen LogP contribution < -0.4 is 11.5 Å². The summed E-state index contributed by atoms with van der Waals surface area (Å²) in [7, 11) is 0. The van der Waals surface area contributed by atoms with Gasteiger partial charge in [-0.3, -0.25) is 0 Å². The van der Waals surface area contributed by atoms with Crippen molar-refractivity contribution < 1.29 is 8.78 Å². The summed E-state index contributed by atoms with van der Waals surface area (Å²) in [6.45, 7) is 1.19. The van der Waals surface area contributed by atoms with Crippen LogP contribution in [0.1, 0.15) is 37.2 Å². The van der Waals surface area contributed by atoms with Gasteiger partial charge in [0, 0.05) is 6.07 Å². The summed E-state index contributed by atoms with van der Waals surface area (Å²) in [6, 6.07) is 3.70. The van der Waals surface area contributed by atoms with Gasteiger partial charge < -0.3 is 11.5 Å². The summed E-state index contributed by atoms with van der Waals surface area (Å²) in [5.74, 6) is -0.900. The van der Waals surface area contributed by atoms with Crippen LogP contribution in [0.15, 0.2) is 18.2 Å². The quantitative estimate of drug-likeness (QED) is 0.772. The van der Waals surface area contributed by atoms with E-state index in [0.717, 1.165) is 31.7 Å². The molecule has 0 unspecified atom stereocenters. The third kappa shape index (κ3) is 4.79. The van der Waals surface area contributed by atoms with Crippen molar-refractivity contribution in [1.82, 2.24) is 0 Å². The maximum absolute atomic E-state index is 13.1. The van der Waals surface area contributed by atoms with E-state index in [1.54, 1.807) is 0 Å². The standard InChI is InChI=1S/C13H20F2N2/c14-12-7-11(8-13(15)9-12)10(3-1-5-16)4-2-6-17/h7-10H,1-6,16-17H2. The Balaban J connectivity index is 2.78. The Morgan fingerprint density at radius 1 is 0.882 bits per heavy atom. The molecule has 17 heavy (non-hydrogen) atoms. The Morgan fingerprint density at radius 3 is 1.76 bits per heavy atom. The van der Waals surface area contributed by atoms with E-state index in [2.05, 4.69) is 0 Å². The van der Waals surface area contributed by atoms with Crippen LogP contribution in [0.2, 0.25) is 0 Å². The van der Waals surface area contributed by atoms with Crippen LogP contribution >= 0.6 is 0 Å². The molecule has 1 aromatic rings. The fourth-order valence-electron chi connectivity index (χ4n) is 2.02. The molecule has 0 heterocycles. The summed E-state index contributed by atoms with van der Waals surface area (Å²) >= 11 is 0. The summed E-state index contributed by atoms with van der Waals surface area (Å²) in [4.78, 5) is 0. The monoisotopic (exact) mass is 242 g/mol. The highest BCUT2D eigenvalue weighted by Crippen LogP contribution is 2.27. The van der Waals surface area contributed by atoms with Gasteiger partial charge in [-0.25, -0.2) is 8.78 Å². The molecule has 4 N–H and O–H groups in total. The van der Waals surface area contributed by atoms with E-state index in [4.69, 9.17) is 11.5 Å². The van der Waals surface area contributed by atoms with Crippen molar-refractivity contribution in [1.29, 1.82) is 0 Å². The van der Waals surface area contributed by atoms with Gasteiger partial charge in [0.2, 0.25) is 0 Å². The van der Waals surface area contributed by atoms with Crippen molar-refractivity contribution in [3.05, 3.63) is 35.4 Å². The number of hydrogen-bond donors (Lipinski definition) is 2. The summed E-state index contributed by atoms with van der Waals surface area (Å²) in [5, 5.41) is 0. The summed E-state index contributed by atoms with van der Waals surface area (Å²) < 4.78 is 26.3. The molecule has 96 valence electrons. The first-order valence-corrected chi connectivity index (χ1v) is 6.03. The van der Waals surface area contributed by atoms with E-state index in [1.165, 1.54) is 12.1 Å².